The number of benzene rings is 9. The number of carbonyl (C=O) groups excluding carboxylic acids is 8. The van der Waals surface area contributed by atoms with Crippen molar-refractivity contribution in [2.75, 3.05) is 62.0 Å². The monoisotopic (exact) mass is 2070 g/mol. The molecule has 35 heteroatoms. The van der Waals surface area contributed by atoms with Gasteiger partial charge in [-0.25, -0.2) is 4.39 Å². The Kier molecular flexibility index (Phi) is 36.7. The number of amides is 4. The first-order valence-corrected chi connectivity index (χ1v) is 50.1. The van der Waals surface area contributed by atoms with E-state index in [9.17, 15) is 95.4 Å². The maximum Gasteiger partial charge on any atom is 0.435 e. The van der Waals surface area contributed by atoms with Crippen molar-refractivity contribution in [3.63, 3.8) is 0 Å². The van der Waals surface area contributed by atoms with Gasteiger partial charge in [-0.2, -0.15) is 73.1 Å². The zero-order valence-electron chi connectivity index (χ0n) is 84.4. The van der Waals surface area contributed by atoms with Crippen LogP contribution in [0, 0.1) is 36.4 Å². The third kappa shape index (κ3) is 28.7. The molecule has 0 spiro atoms. The highest BCUT2D eigenvalue weighted by atomic mass is 19.4. The van der Waals surface area contributed by atoms with Crippen molar-refractivity contribution in [2.24, 2.45) is 23.7 Å². The first kappa shape index (κ1) is 111. The van der Waals surface area contributed by atoms with Crippen molar-refractivity contribution in [2.45, 2.75) is 212 Å². The molecule has 17 rings (SSSR count). The lowest BCUT2D eigenvalue weighted by atomic mass is 9.91. The molecule has 0 fully saturated rings. The number of alkyl halides is 12. The summed E-state index contributed by atoms with van der Waals surface area (Å²) in [7, 11) is 9.67. The van der Waals surface area contributed by atoms with E-state index in [2.05, 4.69) is 20.4 Å². The van der Waals surface area contributed by atoms with Gasteiger partial charge in [-0.1, -0.05) is 146 Å². The summed E-state index contributed by atoms with van der Waals surface area (Å²) in [5.74, 6) is -4.49. The van der Waals surface area contributed by atoms with E-state index < -0.39 is 82.8 Å². The zero-order valence-corrected chi connectivity index (χ0v) is 84.4. The molecule has 4 aromatic heterocycles. The van der Waals surface area contributed by atoms with Crippen molar-refractivity contribution in [1.82, 2.24) is 39.1 Å². The van der Waals surface area contributed by atoms with E-state index in [1.807, 2.05) is 164 Å². The van der Waals surface area contributed by atoms with E-state index in [1.54, 1.807) is 102 Å². The van der Waals surface area contributed by atoms with E-state index in [-0.39, 0.29) is 128 Å². The van der Waals surface area contributed by atoms with E-state index in [0.29, 0.717) is 158 Å². The summed E-state index contributed by atoms with van der Waals surface area (Å²) in [4.78, 5) is 113. The predicted molar refractivity (Wildman–Crippen MR) is 543 cm³/mol. The maximum atomic E-state index is 14.1. The van der Waals surface area contributed by atoms with Crippen LogP contribution >= 0.6 is 0 Å². The van der Waals surface area contributed by atoms with Crippen LogP contribution in [0.1, 0.15) is 173 Å². The second-order valence-corrected chi connectivity index (χ2v) is 38.6. The first-order chi connectivity index (χ1) is 71.6. The summed E-state index contributed by atoms with van der Waals surface area (Å²) < 4.78 is 192. The number of rotatable bonds is 34. The molecule has 4 aliphatic carbocycles. The van der Waals surface area contributed by atoms with Crippen molar-refractivity contribution < 1.29 is 105 Å². The number of hydrogen-bond acceptors (Lipinski definition) is 14. The smallest absolute Gasteiger partial charge is 0.435 e. The number of hydrogen-bond donors (Lipinski definition) is 0. The fraction of sp³-hybridized carbons (Fsp3) is 0.374. The minimum absolute atomic E-state index is 0.0825. The van der Waals surface area contributed by atoms with Gasteiger partial charge in [-0.15, -0.1) is 0 Å². The number of ether oxygens (including phenoxy) is 2. The molecule has 4 aliphatic rings. The lowest BCUT2D eigenvalue weighted by Crippen LogP contribution is -2.35. The van der Waals surface area contributed by atoms with Crippen LogP contribution in [0.4, 0.5) is 79.8 Å². The Balaban J connectivity index is 0.000000158. The van der Waals surface area contributed by atoms with Gasteiger partial charge in [-0.3, -0.25) is 57.1 Å². The quantitative estimate of drug-likeness (QED) is 0.0341. The molecule has 22 nitrogen and oxygen atoms in total. The molecule has 0 bridgehead atoms. The molecular formula is C115H119F13N12O10. The molecule has 0 N–H and O–H groups in total. The van der Waals surface area contributed by atoms with Crippen LogP contribution in [-0.2, 0) is 166 Å². The van der Waals surface area contributed by atoms with E-state index in [4.69, 9.17) is 9.47 Å². The highest BCUT2D eigenvalue weighted by Gasteiger charge is 2.45. The molecule has 0 radical (unpaired) electrons. The summed E-state index contributed by atoms with van der Waals surface area (Å²) >= 11 is 0. The van der Waals surface area contributed by atoms with Gasteiger partial charge in [0.25, 0.3) is 0 Å². The second kappa shape index (κ2) is 49.6. The number of ketones is 4. The van der Waals surface area contributed by atoms with E-state index in [0.717, 1.165) is 57.8 Å². The predicted octanol–water partition coefficient (Wildman–Crippen LogP) is 22.7. The maximum absolute atomic E-state index is 14.1. The average Bonchev–Trinajstić information content (AvgIpc) is 1.64. The largest absolute Gasteiger partial charge is 0.497 e. The lowest BCUT2D eigenvalue weighted by molar-refractivity contribution is -0.143. The van der Waals surface area contributed by atoms with Crippen molar-refractivity contribution in [1.29, 1.82) is 0 Å². The van der Waals surface area contributed by atoms with E-state index in [1.165, 1.54) is 48.0 Å². The Morgan fingerprint density at radius 3 is 0.840 bits per heavy atom. The molecule has 0 saturated carbocycles. The van der Waals surface area contributed by atoms with Crippen molar-refractivity contribution in [3.8, 4) is 11.5 Å². The van der Waals surface area contributed by atoms with Crippen LogP contribution in [0.3, 0.4) is 0 Å². The van der Waals surface area contributed by atoms with Gasteiger partial charge in [0.1, 0.15) is 17.3 Å². The van der Waals surface area contributed by atoms with Crippen LogP contribution in [-0.4, -0.2) is 128 Å². The topological polar surface area (TPSA) is 239 Å². The highest BCUT2D eigenvalue weighted by molar-refractivity contribution is 6.01. The standard InChI is InChI=1S/C31H30F3N3O2.C29H31F4N3O3.C28H30F3N3O3.C27H28F3N3O2/c1-36(25-16-15-22-11-5-6-12-23(22)18-25)30(39)24(17-21-9-3-2-4-10-21)19-26(38)20-37-28-14-8-7-13-27(28)29(35-37)31(32,33)34;1-18-12-19(15-21(30)13-18)14-20(28(38)35(2)22-8-10-24(39-3)11-9-22)16-23(37)17-36-26-7-5-4-6-25(26)27(34-36)29(31,32)33;1-33(21-12-14-23(37-2)15-13-21)27(36)20(16-19-8-4-3-5-9-19)17-22(35)18-34-25-11-7-6-10-24(25)26(32-34)28(29,30)31;1-32(21-12-6-3-7-13-21)26(35)20(16-19-10-4-2-5-11-19)17-22(34)18-33-24-15-9-8-14-23(24)25(31-33)27(28,29)30/h2-6,9-12,15-16,18,24H,7-8,13-14,17,19-20H2,1H3;8-13,15,20H,4-7,14,16-17H2,1-3H3;3-5,8-9,12-15,20H,6-7,10-11,16-18H2,1-2H3;2-7,10-13,20H,8-9,14-18H2,1H3. The molecule has 150 heavy (non-hydrogen) atoms. The summed E-state index contributed by atoms with van der Waals surface area (Å²) in [6, 6.07) is 69.2. The molecule has 0 aliphatic heterocycles. The summed E-state index contributed by atoms with van der Waals surface area (Å²) in [6.07, 6.45) is -9.04. The number of halogens is 13. The molecule has 790 valence electrons. The lowest BCUT2D eigenvalue weighted by Gasteiger charge is -2.24. The van der Waals surface area contributed by atoms with Gasteiger partial charge in [0.15, 0.2) is 45.9 Å². The molecule has 4 unspecified atom stereocenters. The fourth-order valence-corrected chi connectivity index (χ4v) is 20.3. The minimum atomic E-state index is -4.61. The molecule has 13 aromatic rings. The van der Waals surface area contributed by atoms with Crippen LogP contribution in [0.5, 0.6) is 11.5 Å². The number of fused-ring (bicyclic) bond motifs is 5. The van der Waals surface area contributed by atoms with Crippen LogP contribution in [0.15, 0.2) is 231 Å². The third-order valence-corrected chi connectivity index (χ3v) is 27.8. The summed E-state index contributed by atoms with van der Waals surface area (Å²) in [5.41, 5.74) is 5.62. The number of nitrogens with zero attached hydrogens (tertiary/aromatic N) is 12. The summed E-state index contributed by atoms with van der Waals surface area (Å²) in [6.45, 7) is 0.527. The zero-order chi connectivity index (χ0) is 107. The molecule has 9 aromatic carbocycles. The fourth-order valence-electron chi connectivity index (χ4n) is 20.3. The molecule has 4 heterocycles. The number of aromatic nitrogens is 8. The molecule has 4 atom stereocenters. The Morgan fingerprint density at radius 1 is 0.300 bits per heavy atom. The summed E-state index contributed by atoms with van der Waals surface area (Å²) in [5, 5.41) is 17.3. The van der Waals surface area contributed by atoms with Gasteiger partial charge < -0.3 is 29.1 Å². The SMILES string of the molecule is CN(C(=O)C(CC(=O)Cn1nc(C(F)(F)F)c2c1CCCC2)Cc1ccccc1)c1ccc2ccccc2c1.CN(C(=O)C(CC(=O)Cn1nc(C(F)(F)F)c2c1CCCC2)Cc1ccccc1)c1ccccc1.COc1ccc(N(C)C(=O)C(CC(=O)Cn2nc(C(F)(F)F)c3c2CCCC3)Cc2cc(C)cc(F)c2)cc1.COc1ccc(N(C)C(=O)C(CC(=O)Cn2nc(C(F)(F)F)c3c2CCCC3)Cc2ccccc2)cc1. The third-order valence-electron chi connectivity index (χ3n) is 27.8. The van der Waals surface area contributed by atoms with Gasteiger partial charge in [0.2, 0.25) is 23.6 Å². The Hall–Kier alpha value is -14.7. The van der Waals surface area contributed by atoms with E-state index >= 15 is 0 Å². The van der Waals surface area contributed by atoms with Crippen molar-refractivity contribution >= 4 is 80.3 Å². The minimum Gasteiger partial charge on any atom is -0.497 e. The number of Topliss-reactive ketones (excluding diaryl/α,β-unsaturated/α-hetero) is 4. The van der Waals surface area contributed by atoms with Gasteiger partial charge in [0.05, 0.1) is 40.4 Å². The Labute approximate surface area is 860 Å². The van der Waals surface area contributed by atoms with Crippen molar-refractivity contribution in [3.05, 3.63) is 332 Å². The number of methoxy groups -OCH3 is 2. The normalized spacial score (nSPS) is 14.1. The van der Waals surface area contributed by atoms with Crippen LogP contribution in [0.25, 0.3) is 10.8 Å². The van der Waals surface area contributed by atoms with Gasteiger partial charge >= 0.3 is 24.7 Å². The first-order valence-electron chi connectivity index (χ1n) is 50.1. The number of carbonyl (C=O) groups is 8. The molecule has 0 saturated heterocycles. The second-order valence-electron chi connectivity index (χ2n) is 38.6. The number of para-hydroxylation sites is 1. The number of anilines is 4. The van der Waals surface area contributed by atoms with Gasteiger partial charge in [-0.05, 0) is 259 Å². The molecular weight excluding hydrogens is 1960 g/mol. The molecule has 4 amide bonds. The Bertz CT molecular complexity index is 6860. The van der Waals surface area contributed by atoms with Crippen LogP contribution < -0.4 is 29.1 Å². The Morgan fingerprint density at radius 2 is 0.553 bits per heavy atom. The number of aryl methyl sites for hydroxylation is 1. The highest BCUT2D eigenvalue weighted by Crippen LogP contribution is 2.42. The average molecular weight is 2080 g/mol. The van der Waals surface area contributed by atoms with Gasteiger partial charge in [0, 0.05) is 145 Å². The van der Waals surface area contributed by atoms with Crippen LogP contribution in [0.2, 0.25) is 0 Å².